The molecule has 1 N–H and O–H groups in total. The molecule has 22 heavy (non-hydrogen) atoms. The number of nitrogens with one attached hydrogen (secondary N) is 1. The van der Waals surface area contributed by atoms with Gasteiger partial charge < -0.3 is 14.8 Å². The van der Waals surface area contributed by atoms with Gasteiger partial charge in [0.1, 0.15) is 5.82 Å². The lowest BCUT2D eigenvalue weighted by molar-refractivity contribution is -0.115. The summed E-state index contributed by atoms with van der Waals surface area (Å²) < 4.78 is 23.9. The Labute approximate surface area is 132 Å². The molecule has 0 fully saturated rings. The largest absolute Gasteiger partial charge is 0.493 e. The van der Waals surface area contributed by atoms with Gasteiger partial charge in [0.15, 0.2) is 11.5 Å². The Morgan fingerprint density at radius 1 is 1.14 bits per heavy atom. The lowest BCUT2D eigenvalue weighted by Crippen LogP contribution is -2.15. The average Bonchev–Trinajstić information content (AvgIpc) is 2.50. The number of hydrogen-bond donors (Lipinski definition) is 1. The second-order valence-corrected chi connectivity index (χ2v) is 4.97. The van der Waals surface area contributed by atoms with E-state index < -0.39 is 5.82 Å². The van der Waals surface area contributed by atoms with Gasteiger partial charge in [-0.05, 0) is 35.9 Å². The summed E-state index contributed by atoms with van der Waals surface area (Å²) in [4.78, 5) is 12.0. The number of carbonyl (C=O) groups is 1. The first-order valence-corrected chi connectivity index (χ1v) is 6.87. The van der Waals surface area contributed by atoms with Crippen LogP contribution in [0.2, 0.25) is 5.02 Å². The fraction of sp³-hybridized carbons (Fsp3) is 0.188. The lowest BCUT2D eigenvalue weighted by atomic mass is 10.1. The van der Waals surface area contributed by atoms with Crippen LogP contribution >= 0.6 is 11.6 Å². The molecular formula is C16H15ClFNO3. The molecule has 2 aromatic carbocycles. The molecule has 0 spiro atoms. The molecule has 0 aromatic heterocycles. The number of carbonyl (C=O) groups excluding carboxylic acids is 1. The van der Waals surface area contributed by atoms with Crippen molar-refractivity contribution in [2.24, 2.45) is 0 Å². The van der Waals surface area contributed by atoms with E-state index in [2.05, 4.69) is 5.32 Å². The van der Waals surface area contributed by atoms with Crippen LogP contribution in [-0.4, -0.2) is 20.1 Å². The van der Waals surface area contributed by atoms with E-state index in [-0.39, 0.29) is 18.0 Å². The Bertz CT molecular complexity index is 691. The fourth-order valence-corrected chi connectivity index (χ4v) is 2.14. The zero-order chi connectivity index (χ0) is 16.1. The van der Waals surface area contributed by atoms with E-state index in [1.54, 1.807) is 18.2 Å². The zero-order valence-corrected chi connectivity index (χ0v) is 12.9. The maximum Gasteiger partial charge on any atom is 0.228 e. The molecule has 0 aliphatic carbocycles. The minimum absolute atomic E-state index is 0.0537. The number of ether oxygens (including phenoxy) is 2. The molecule has 0 aliphatic heterocycles. The van der Waals surface area contributed by atoms with E-state index in [4.69, 9.17) is 21.1 Å². The third kappa shape index (κ3) is 3.89. The van der Waals surface area contributed by atoms with Gasteiger partial charge in [0.05, 0.1) is 26.3 Å². The van der Waals surface area contributed by atoms with Crippen molar-refractivity contribution in [1.29, 1.82) is 0 Å². The summed E-state index contributed by atoms with van der Waals surface area (Å²) in [7, 11) is 3.05. The van der Waals surface area contributed by atoms with Gasteiger partial charge in [-0.3, -0.25) is 4.79 Å². The molecule has 0 unspecified atom stereocenters. The molecule has 0 atom stereocenters. The highest BCUT2D eigenvalue weighted by Gasteiger charge is 2.11. The van der Waals surface area contributed by atoms with E-state index in [1.165, 1.54) is 32.4 Å². The maximum absolute atomic E-state index is 13.6. The summed E-state index contributed by atoms with van der Waals surface area (Å²) in [6.07, 6.45) is 0.0757. The Hall–Kier alpha value is -2.27. The van der Waals surface area contributed by atoms with Crippen molar-refractivity contribution in [2.45, 2.75) is 6.42 Å². The van der Waals surface area contributed by atoms with Gasteiger partial charge in [-0.1, -0.05) is 17.7 Å². The molecule has 4 nitrogen and oxygen atoms in total. The standard InChI is InChI=1S/C16H15ClFNO3/c1-21-14-6-3-10(7-15(14)22-2)8-16(20)19-13-9-11(17)4-5-12(13)18/h3-7,9H,8H2,1-2H3,(H,19,20). The number of benzene rings is 2. The SMILES string of the molecule is COc1ccc(CC(=O)Nc2cc(Cl)ccc2F)cc1OC. The minimum atomic E-state index is -0.537. The van der Waals surface area contributed by atoms with E-state index in [0.717, 1.165) is 5.56 Å². The molecule has 0 bridgehead atoms. The third-order valence-electron chi connectivity index (χ3n) is 3.02. The normalized spacial score (nSPS) is 10.2. The second-order valence-electron chi connectivity index (χ2n) is 4.54. The van der Waals surface area contributed by atoms with Gasteiger partial charge in [-0.15, -0.1) is 0 Å². The smallest absolute Gasteiger partial charge is 0.228 e. The van der Waals surface area contributed by atoms with Crippen LogP contribution in [0.25, 0.3) is 0 Å². The van der Waals surface area contributed by atoms with E-state index in [9.17, 15) is 9.18 Å². The monoisotopic (exact) mass is 323 g/mol. The maximum atomic E-state index is 13.6. The van der Waals surface area contributed by atoms with Gasteiger partial charge >= 0.3 is 0 Å². The summed E-state index contributed by atoms with van der Waals surface area (Å²) in [5, 5.41) is 2.84. The Balaban J connectivity index is 2.10. The molecule has 0 saturated carbocycles. The van der Waals surface area contributed by atoms with Crippen LogP contribution in [0.1, 0.15) is 5.56 Å². The second kappa shape index (κ2) is 7.13. The number of rotatable bonds is 5. The van der Waals surface area contributed by atoms with Gasteiger partial charge in [0, 0.05) is 5.02 Å². The number of anilines is 1. The van der Waals surface area contributed by atoms with E-state index in [1.807, 2.05) is 0 Å². The first-order valence-electron chi connectivity index (χ1n) is 6.49. The number of methoxy groups -OCH3 is 2. The highest BCUT2D eigenvalue weighted by Crippen LogP contribution is 2.28. The van der Waals surface area contributed by atoms with Crippen LogP contribution < -0.4 is 14.8 Å². The van der Waals surface area contributed by atoms with Crippen molar-refractivity contribution in [1.82, 2.24) is 0 Å². The number of amides is 1. The summed E-state index contributed by atoms with van der Waals surface area (Å²) in [6.45, 7) is 0. The predicted molar refractivity (Wildman–Crippen MR) is 83.3 cm³/mol. The lowest BCUT2D eigenvalue weighted by Gasteiger charge is -2.10. The molecule has 6 heteroatoms. The molecule has 2 rings (SSSR count). The third-order valence-corrected chi connectivity index (χ3v) is 3.25. The van der Waals surface area contributed by atoms with Crippen LogP contribution in [0, 0.1) is 5.82 Å². The fourth-order valence-electron chi connectivity index (χ4n) is 1.96. The van der Waals surface area contributed by atoms with Crippen molar-refractivity contribution in [3.8, 4) is 11.5 Å². The summed E-state index contributed by atoms with van der Waals surface area (Å²) in [6, 6.07) is 9.14. The van der Waals surface area contributed by atoms with Crippen molar-refractivity contribution >= 4 is 23.2 Å². The minimum Gasteiger partial charge on any atom is -0.493 e. The van der Waals surface area contributed by atoms with Crippen molar-refractivity contribution in [3.63, 3.8) is 0 Å². The molecule has 2 aromatic rings. The average molecular weight is 324 g/mol. The molecule has 0 aliphatic rings. The van der Waals surface area contributed by atoms with Gasteiger partial charge in [-0.2, -0.15) is 0 Å². The Kier molecular flexibility index (Phi) is 5.22. The summed E-state index contributed by atoms with van der Waals surface area (Å²) >= 11 is 5.79. The van der Waals surface area contributed by atoms with E-state index >= 15 is 0 Å². The molecule has 0 saturated heterocycles. The van der Waals surface area contributed by atoms with Crippen LogP contribution in [0.5, 0.6) is 11.5 Å². The van der Waals surface area contributed by atoms with Crippen molar-refractivity contribution in [2.75, 3.05) is 19.5 Å². The summed E-state index contributed by atoms with van der Waals surface area (Å²) in [5.41, 5.74) is 0.774. The Morgan fingerprint density at radius 2 is 1.86 bits per heavy atom. The first-order chi connectivity index (χ1) is 10.5. The van der Waals surface area contributed by atoms with E-state index in [0.29, 0.717) is 16.5 Å². The van der Waals surface area contributed by atoms with Crippen molar-refractivity contribution < 1.29 is 18.7 Å². The summed E-state index contributed by atoms with van der Waals surface area (Å²) in [5.74, 6) is 0.215. The zero-order valence-electron chi connectivity index (χ0n) is 12.2. The highest BCUT2D eigenvalue weighted by molar-refractivity contribution is 6.30. The van der Waals surface area contributed by atoms with Crippen LogP contribution in [0.3, 0.4) is 0 Å². The topological polar surface area (TPSA) is 47.6 Å². The van der Waals surface area contributed by atoms with Gasteiger partial charge in [0.2, 0.25) is 5.91 Å². The number of halogens is 2. The van der Waals surface area contributed by atoms with Gasteiger partial charge in [-0.25, -0.2) is 4.39 Å². The molecule has 0 heterocycles. The van der Waals surface area contributed by atoms with Crippen molar-refractivity contribution in [3.05, 3.63) is 52.8 Å². The molecule has 1 amide bonds. The molecule has 116 valence electrons. The predicted octanol–water partition coefficient (Wildman–Crippen LogP) is 3.68. The van der Waals surface area contributed by atoms with Crippen LogP contribution in [0.4, 0.5) is 10.1 Å². The molecule has 0 radical (unpaired) electrons. The first kappa shape index (κ1) is 16.1. The Morgan fingerprint density at radius 3 is 2.55 bits per heavy atom. The quantitative estimate of drug-likeness (QED) is 0.913. The molecular weight excluding hydrogens is 309 g/mol. The van der Waals surface area contributed by atoms with Gasteiger partial charge in [0.25, 0.3) is 0 Å². The number of hydrogen-bond acceptors (Lipinski definition) is 3. The van der Waals surface area contributed by atoms with Crippen LogP contribution in [0.15, 0.2) is 36.4 Å². The van der Waals surface area contributed by atoms with Crippen LogP contribution in [-0.2, 0) is 11.2 Å². The highest BCUT2D eigenvalue weighted by atomic mass is 35.5.